The van der Waals surface area contributed by atoms with Gasteiger partial charge in [0.05, 0.1) is 4.88 Å². The Bertz CT molecular complexity index is 414. The van der Waals surface area contributed by atoms with Crippen LogP contribution in [0.4, 0.5) is 0 Å². The van der Waals surface area contributed by atoms with Gasteiger partial charge in [-0.2, -0.15) is 0 Å². The molecule has 1 aliphatic heterocycles. The molecule has 1 aromatic rings. The first kappa shape index (κ1) is 14.1. The molecule has 1 fully saturated rings. The molecule has 0 bridgehead atoms. The molecule has 1 saturated heterocycles. The summed E-state index contributed by atoms with van der Waals surface area (Å²) in [6, 6.07) is 2.03. The molecular weight excluding hydrogens is 310 g/mol. The van der Waals surface area contributed by atoms with Crippen molar-refractivity contribution in [3.63, 3.8) is 0 Å². The third kappa shape index (κ3) is 2.97. The lowest BCUT2D eigenvalue weighted by molar-refractivity contribution is 0.0696. The summed E-state index contributed by atoms with van der Waals surface area (Å²) < 4.78 is 0. The molecule has 0 spiro atoms. The first-order valence-electron chi connectivity index (χ1n) is 6.49. The van der Waals surface area contributed by atoms with Crippen molar-refractivity contribution in [3.05, 3.63) is 21.4 Å². The summed E-state index contributed by atoms with van der Waals surface area (Å²) in [5.41, 5.74) is 1.23. The van der Waals surface area contributed by atoms with Crippen molar-refractivity contribution in [2.45, 2.75) is 38.4 Å². The zero-order chi connectivity index (χ0) is 13.3. The molecular formula is C14H20BrNOS. The van der Waals surface area contributed by atoms with Crippen LogP contribution in [0, 0.1) is 19.8 Å². The predicted octanol–water partition coefficient (Wildman–Crippen LogP) is 4.00. The molecule has 2 nitrogen and oxygen atoms in total. The number of carbonyl (C=O) groups is 1. The van der Waals surface area contributed by atoms with Crippen molar-refractivity contribution in [3.8, 4) is 0 Å². The number of carbonyl (C=O) groups excluding carboxylic acids is 1. The number of likely N-dealkylation sites (tertiary alicyclic amines) is 1. The average Bonchev–Trinajstić information content (AvgIpc) is 2.69. The zero-order valence-corrected chi connectivity index (χ0v) is 13.6. The van der Waals surface area contributed by atoms with Gasteiger partial charge >= 0.3 is 0 Å². The summed E-state index contributed by atoms with van der Waals surface area (Å²) in [6.07, 6.45) is 2.23. The Morgan fingerprint density at radius 2 is 2.06 bits per heavy atom. The minimum Gasteiger partial charge on any atom is -0.338 e. The number of aryl methyl sites for hydroxylation is 2. The van der Waals surface area contributed by atoms with Crippen molar-refractivity contribution >= 4 is 33.2 Å². The fraction of sp³-hybridized carbons (Fsp3) is 0.643. The molecule has 0 radical (unpaired) electrons. The lowest BCUT2D eigenvalue weighted by atomic mass is 9.94. The summed E-state index contributed by atoms with van der Waals surface area (Å²) in [6.45, 7) is 8.15. The van der Waals surface area contributed by atoms with Crippen molar-refractivity contribution < 1.29 is 4.79 Å². The van der Waals surface area contributed by atoms with Gasteiger partial charge in [0.1, 0.15) is 0 Å². The smallest absolute Gasteiger partial charge is 0.263 e. The van der Waals surface area contributed by atoms with Crippen LogP contribution in [0.1, 0.15) is 39.9 Å². The van der Waals surface area contributed by atoms with Crippen molar-refractivity contribution in [2.24, 2.45) is 5.92 Å². The largest absolute Gasteiger partial charge is 0.338 e. The summed E-state index contributed by atoms with van der Waals surface area (Å²) in [4.78, 5) is 17.1. The second-order valence-electron chi connectivity index (χ2n) is 5.16. The molecule has 1 aromatic heterocycles. The van der Waals surface area contributed by atoms with Gasteiger partial charge in [0.15, 0.2) is 0 Å². The van der Waals surface area contributed by atoms with Gasteiger partial charge in [0.2, 0.25) is 0 Å². The Hall–Kier alpha value is -0.350. The highest BCUT2D eigenvalue weighted by atomic mass is 79.9. The maximum absolute atomic E-state index is 12.4. The number of alkyl halides is 1. The number of rotatable bonds is 2. The van der Waals surface area contributed by atoms with Crippen molar-refractivity contribution in [1.29, 1.82) is 0 Å². The van der Waals surface area contributed by atoms with E-state index in [2.05, 4.69) is 36.7 Å². The minimum atomic E-state index is 0.219. The van der Waals surface area contributed by atoms with E-state index in [0.717, 1.165) is 30.8 Å². The van der Waals surface area contributed by atoms with Crippen LogP contribution in [-0.4, -0.2) is 28.7 Å². The second kappa shape index (κ2) is 5.74. The molecule has 0 N–H and O–H groups in total. The lowest BCUT2D eigenvalue weighted by Crippen LogP contribution is -2.39. The minimum absolute atomic E-state index is 0.219. The molecule has 1 unspecified atom stereocenters. The van der Waals surface area contributed by atoms with Crippen LogP contribution in [0.2, 0.25) is 0 Å². The number of halogens is 1. The Morgan fingerprint density at radius 3 is 2.50 bits per heavy atom. The van der Waals surface area contributed by atoms with Crippen LogP contribution >= 0.6 is 27.3 Å². The average molecular weight is 330 g/mol. The summed E-state index contributed by atoms with van der Waals surface area (Å²) in [7, 11) is 0. The SMILES string of the molecule is Cc1cc(C(=O)N2CCC(C(C)Br)CC2)sc1C. The van der Waals surface area contributed by atoms with Crippen molar-refractivity contribution in [2.75, 3.05) is 13.1 Å². The topological polar surface area (TPSA) is 20.3 Å². The molecule has 100 valence electrons. The van der Waals surface area contributed by atoms with E-state index in [1.165, 1.54) is 10.4 Å². The highest BCUT2D eigenvalue weighted by molar-refractivity contribution is 9.09. The number of piperidine rings is 1. The van der Waals surface area contributed by atoms with Crippen LogP contribution in [-0.2, 0) is 0 Å². The number of hydrogen-bond acceptors (Lipinski definition) is 2. The Balaban J connectivity index is 1.99. The van der Waals surface area contributed by atoms with E-state index in [4.69, 9.17) is 0 Å². The van der Waals surface area contributed by atoms with E-state index in [1.807, 2.05) is 11.0 Å². The third-order valence-electron chi connectivity index (χ3n) is 3.85. The molecule has 2 rings (SSSR count). The molecule has 0 aromatic carbocycles. The summed E-state index contributed by atoms with van der Waals surface area (Å²) >= 11 is 5.27. The lowest BCUT2D eigenvalue weighted by Gasteiger charge is -2.33. The van der Waals surface area contributed by atoms with Gasteiger partial charge in [-0.1, -0.05) is 22.9 Å². The number of hydrogen-bond donors (Lipinski definition) is 0. The number of thiophene rings is 1. The van der Waals surface area contributed by atoms with Gasteiger partial charge in [-0.15, -0.1) is 11.3 Å². The highest BCUT2D eigenvalue weighted by Crippen LogP contribution is 2.27. The molecule has 0 saturated carbocycles. The van der Waals surface area contributed by atoms with Gasteiger partial charge in [0.25, 0.3) is 5.91 Å². The predicted molar refractivity (Wildman–Crippen MR) is 80.8 cm³/mol. The summed E-state index contributed by atoms with van der Waals surface area (Å²) in [5.74, 6) is 0.928. The van der Waals surface area contributed by atoms with E-state index in [-0.39, 0.29) is 5.91 Å². The van der Waals surface area contributed by atoms with Crippen LogP contribution in [0.25, 0.3) is 0 Å². The zero-order valence-electron chi connectivity index (χ0n) is 11.2. The van der Waals surface area contributed by atoms with Crippen molar-refractivity contribution in [1.82, 2.24) is 4.90 Å². The highest BCUT2D eigenvalue weighted by Gasteiger charge is 2.26. The summed E-state index contributed by atoms with van der Waals surface area (Å²) in [5, 5.41) is 0. The van der Waals surface area contributed by atoms with Gasteiger partial charge in [-0.25, -0.2) is 0 Å². The number of amides is 1. The fourth-order valence-corrected chi connectivity index (χ4v) is 3.93. The van der Waals surface area contributed by atoms with Crippen LogP contribution in [0.15, 0.2) is 6.07 Å². The van der Waals surface area contributed by atoms with E-state index in [0.29, 0.717) is 10.7 Å². The maximum Gasteiger partial charge on any atom is 0.263 e. The van der Waals surface area contributed by atoms with Gasteiger partial charge < -0.3 is 4.90 Å². The molecule has 0 aliphatic carbocycles. The normalized spacial score (nSPS) is 19.0. The maximum atomic E-state index is 12.4. The molecule has 1 amide bonds. The molecule has 18 heavy (non-hydrogen) atoms. The van der Waals surface area contributed by atoms with E-state index in [1.54, 1.807) is 11.3 Å². The van der Waals surface area contributed by atoms with Gasteiger partial charge in [-0.05, 0) is 44.2 Å². The van der Waals surface area contributed by atoms with Crippen LogP contribution in [0.5, 0.6) is 0 Å². The molecule has 4 heteroatoms. The third-order valence-corrected chi connectivity index (χ3v) is 5.74. The monoisotopic (exact) mass is 329 g/mol. The number of nitrogens with zero attached hydrogens (tertiary/aromatic N) is 1. The van der Waals surface area contributed by atoms with Gasteiger partial charge in [0, 0.05) is 22.8 Å². The van der Waals surface area contributed by atoms with Gasteiger partial charge in [-0.3, -0.25) is 4.79 Å². The molecule has 2 heterocycles. The van der Waals surface area contributed by atoms with E-state index >= 15 is 0 Å². The Morgan fingerprint density at radius 1 is 1.44 bits per heavy atom. The molecule has 1 atom stereocenters. The Labute approximate surface area is 122 Å². The van der Waals surface area contributed by atoms with Crippen LogP contribution < -0.4 is 0 Å². The second-order valence-corrected chi connectivity index (χ2v) is 7.86. The van der Waals surface area contributed by atoms with Crippen LogP contribution in [0.3, 0.4) is 0 Å². The standard InChI is InChI=1S/C14H20BrNOS/c1-9-8-13(18-11(9)3)14(17)16-6-4-12(5-7-16)10(2)15/h8,10,12H,4-7H2,1-3H3. The quantitative estimate of drug-likeness (QED) is 0.751. The van der Waals surface area contributed by atoms with E-state index in [9.17, 15) is 4.79 Å². The fourth-order valence-electron chi connectivity index (χ4n) is 2.40. The van der Waals surface area contributed by atoms with E-state index < -0.39 is 0 Å². The molecule has 1 aliphatic rings. The first-order valence-corrected chi connectivity index (χ1v) is 8.22. The first-order chi connectivity index (χ1) is 8.49. The Kier molecular flexibility index (Phi) is 4.49.